The number of hydrogen-bond donors (Lipinski definition) is 0. The summed E-state index contributed by atoms with van der Waals surface area (Å²) in [4.78, 5) is 34.4. The summed E-state index contributed by atoms with van der Waals surface area (Å²) >= 11 is 1.28. The molecule has 2 aromatic rings. The molecule has 0 aliphatic carbocycles. The summed E-state index contributed by atoms with van der Waals surface area (Å²) in [5.74, 6) is 1.30. The van der Waals surface area contributed by atoms with E-state index >= 15 is 0 Å². The number of rotatable bonds is 6. The maximum Gasteiger partial charge on any atom is 0.283 e. The van der Waals surface area contributed by atoms with Gasteiger partial charge in [-0.1, -0.05) is 35.5 Å². The van der Waals surface area contributed by atoms with Crippen molar-refractivity contribution in [3.63, 3.8) is 0 Å². The molecule has 0 spiro atoms. The van der Waals surface area contributed by atoms with Crippen LogP contribution in [-0.4, -0.2) is 46.5 Å². The number of ether oxygens (including phenoxy) is 2. The van der Waals surface area contributed by atoms with E-state index in [-0.39, 0.29) is 36.4 Å². The van der Waals surface area contributed by atoms with Crippen LogP contribution in [0.3, 0.4) is 0 Å². The van der Waals surface area contributed by atoms with Crippen LogP contribution in [0.1, 0.15) is 38.8 Å². The monoisotopic (exact) mass is 479 g/mol. The third-order valence-electron chi connectivity index (χ3n) is 5.55. The van der Waals surface area contributed by atoms with Crippen molar-refractivity contribution in [3.05, 3.63) is 59.3 Å². The fourth-order valence-electron chi connectivity index (χ4n) is 4.05. The standard InChI is InChI=1S/C26H29N3O4S/c1-16(2)28(17(3)4)24(30)14-34-26-27-21(12-19-8-11-22-23(13-19)33-15-32-22)25(31)29(26)20-9-6-18(5)7-10-20/h6-13,16-17H,14-15H2,1-5H3/b21-12-. The van der Waals surface area contributed by atoms with Crippen LogP contribution in [-0.2, 0) is 9.59 Å². The Bertz CT molecular complexity index is 1150. The van der Waals surface area contributed by atoms with Crippen molar-refractivity contribution in [1.82, 2.24) is 4.90 Å². The van der Waals surface area contributed by atoms with Crippen LogP contribution in [0, 0.1) is 6.92 Å². The third kappa shape index (κ3) is 4.97. The second-order valence-electron chi connectivity index (χ2n) is 8.79. The number of benzene rings is 2. The van der Waals surface area contributed by atoms with Crippen molar-refractivity contribution in [2.24, 2.45) is 4.99 Å². The lowest BCUT2D eigenvalue weighted by Gasteiger charge is -2.30. The Morgan fingerprint density at radius 2 is 1.76 bits per heavy atom. The van der Waals surface area contributed by atoms with E-state index in [0.717, 1.165) is 11.1 Å². The molecule has 2 aliphatic heterocycles. The van der Waals surface area contributed by atoms with Gasteiger partial charge in [0.2, 0.25) is 12.7 Å². The first kappa shape index (κ1) is 23.9. The molecule has 0 aromatic heterocycles. The highest BCUT2D eigenvalue weighted by molar-refractivity contribution is 8.14. The molecule has 2 amide bonds. The highest BCUT2D eigenvalue weighted by Crippen LogP contribution is 2.34. The SMILES string of the molecule is Cc1ccc(N2C(=O)/C(=C/c3ccc4c(c3)OCO4)N=C2SCC(=O)N(C(C)C)C(C)C)cc1. The Kier molecular flexibility index (Phi) is 6.97. The average Bonchev–Trinajstić information content (AvgIpc) is 3.36. The van der Waals surface area contributed by atoms with Gasteiger partial charge in [0.05, 0.1) is 11.4 Å². The molecule has 0 atom stereocenters. The summed E-state index contributed by atoms with van der Waals surface area (Å²) in [6.07, 6.45) is 1.73. The number of anilines is 1. The van der Waals surface area contributed by atoms with Gasteiger partial charge in [-0.25, -0.2) is 4.99 Å². The molecule has 0 fully saturated rings. The van der Waals surface area contributed by atoms with Crippen molar-refractivity contribution in [2.45, 2.75) is 46.7 Å². The smallest absolute Gasteiger partial charge is 0.283 e. The second kappa shape index (κ2) is 9.93. The van der Waals surface area contributed by atoms with E-state index in [1.165, 1.54) is 11.8 Å². The number of hydrogen-bond acceptors (Lipinski definition) is 6. The number of aryl methyl sites for hydroxylation is 1. The summed E-state index contributed by atoms with van der Waals surface area (Å²) in [6, 6.07) is 13.4. The summed E-state index contributed by atoms with van der Waals surface area (Å²) in [7, 11) is 0. The summed E-state index contributed by atoms with van der Waals surface area (Å²) in [5, 5.41) is 0.488. The van der Waals surface area contributed by atoms with Crippen LogP contribution in [0.15, 0.2) is 53.2 Å². The van der Waals surface area contributed by atoms with E-state index in [1.54, 1.807) is 11.0 Å². The van der Waals surface area contributed by atoms with Gasteiger partial charge in [0.15, 0.2) is 16.7 Å². The largest absolute Gasteiger partial charge is 0.454 e. The quantitative estimate of drug-likeness (QED) is 0.554. The normalized spacial score (nSPS) is 16.1. The van der Waals surface area contributed by atoms with E-state index in [0.29, 0.717) is 28.1 Å². The topological polar surface area (TPSA) is 71.4 Å². The molecule has 178 valence electrons. The van der Waals surface area contributed by atoms with Crippen molar-refractivity contribution >= 4 is 40.5 Å². The number of thioether (sulfide) groups is 1. The minimum Gasteiger partial charge on any atom is -0.454 e. The van der Waals surface area contributed by atoms with Crippen LogP contribution in [0.4, 0.5) is 5.69 Å². The zero-order valence-corrected chi connectivity index (χ0v) is 20.9. The zero-order valence-electron chi connectivity index (χ0n) is 20.1. The Hall–Kier alpha value is -3.26. The molecule has 0 radical (unpaired) electrons. The molecule has 8 heteroatoms. The number of amides is 2. The molecule has 0 saturated heterocycles. The molecule has 2 aliphatic rings. The highest BCUT2D eigenvalue weighted by atomic mass is 32.2. The van der Waals surface area contributed by atoms with Gasteiger partial charge in [0.25, 0.3) is 5.91 Å². The fraction of sp³-hybridized carbons (Fsp3) is 0.346. The van der Waals surface area contributed by atoms with Crippen molar-refractivity contribution in [1.29, 1.82) is 0 Å². The second-order valence-corrected chi connectivity index (χ2v) is 9.73. The molecule has 4 rings (SSSR count). The van der Waals surface area contributed by atoms with Gasteiger partial charge >= 0.3 is 0 Å². The van der Waals surface area contributed by atoms with Crippen LogP contribution >= 0.6 is 11.8 Å². The maximum absolute atomic E-state index is 13.4. The predicted molar refractivity (Wildman–Crippen MR) is 136 cm³/mol. The van der Waals surface area contributed by atoms with E-state index in [9.17, 15) is 9.59 Å². The molecule has 7 nitrogen and oxygen atoms in total. The van der Waals surface area contributed by atoms with E-state index in [4.69, 9.17) is 9.47 Å². The molecule has 0 N–H and O–H groups in total. The first-order chi connectivity index (χ1) is 16.2. The molecular weight excluding hydrogens is 450 g/mol. The molecular formula is C26H29N3O4S. The van der Waals surface area contributed by atoms with E-state index < -0.39 is 0 Å². The van der Waals surface area contributed by atoms with Crippen LogP contribution in [0.2, 0.25) is 0 Å². The van der Waals surface area contributed by atoms with Crippen LogP contribution in [0.5, 0.6) is 11.5 Å². The Morgan fingerprint density at radius 3 is 2.44 bits per heavy atom. The summed E-state index contributed by atoms with van der Waals surface area (Å²) < 4.78 is 10.8. The average molecular weight is 480 g/mol. The fourth-order valence-corrected chi connectivity index (χ4v) is 4.93. The van der Waals surface area contributed by atoms with Crippen molar-refractivity contribution in [3.8, 4) is 11.5 Å². The molecule has 2 heterocycles. The maximum atomic E-state index is 13.4. The lowest BCUT2D eigenvalue weighted by Crippen LogP contribution is -2.43. The Morgan fingerprint density at radius 1 is 1.09 bits per heavy atom. The Balaban J connectivity index is 1.63. The molecule has 0 saturated carbocycles. The molecule has 0 bridgehead atoms. The number of carbonyl (C=O) groups excluding carboxylic acids is 2. The lowest BCUT2D eigenvalue weighted by atomic mass is 10.1. The number of carbonyl (C=O) groups is 2. The molecule has 0 unspecified atom stereocenters. The first-order valence-electron chi connectivity index (χ1n) is 11.3. The zero-order chi connectivity index (χ0) is 24.4. The van der Waals surface area contributed by atoms with Gasteiger partial charge < -0.3 is 14.4 Å². The number of nitrogens with zero attached hydrogens (tertiary/aromatic N) is 3. The van der Waals surface area contributed by atoms with Gasteiger partial charge in [-0.3, -0.25) is 14.5 Å². The van der Waals surface area contributed by atoms with Gasteiger partial charge in [-0.15, -0.1) is 0 Å². The van der Waals surface area contributed by atoms with Gasteiger partial charge in [-0.05, 0) is 70.5 Å². The minimum atomic E-state index is -0.235. The van der Waals surface area contributed by atoms with Gasteiger partial charge in [0, 0.05) is 12.1 Å². The predicted octanol–water partition coefficient (Wildman–Crippen LogP) is 4.85. The number of amidine groups is 1. The lowest BCUT2D eigenvalue weighted by molar-refractivity contribution is -0.131. The molecule has 2 aromatic carbocycles. The molecule has 34 heavy (non-hydrogen) atoms. The first-order valence-corrected chi connectivity index (χ1v) is 12.3. The van der Waals surface area contributed by atoms with Gasteiger partial charge in [-0.2, -0.15) is 0 Å². The van der Waals surface area contributed by atoms with Crippen LogP contribution in [0.25, 0.3) is 6.08 Å². The number of aliphatic imine (C=N–C) groups is 1. The highest BCUT2D eigenvalue weighted by Gasteiger charge is 2.33. The Labute approximate surface area is 204 Å². The van der Waals surface area contributed by atoms with Gasteiger partial charge in [0.1, 0.15) is 5.70 Å². The minimum absolute atomic E-state index is 0.0159. The van der Waals surface area contributed by atoms with Crippen molar-refractivity contribution in [2.75, 3.05) is 17.4 Å². The van der Waals surface area contributed by atoms with E-state index in [2.05, 4.69) is 4.99 Å². The van der Waals surface area contributed by atoms with Crippen LogP contribution < -0.4 is 14.4 Å². The third-order valence-corrected chi connectivity index (χ3v) is 6.47. The number of fused-ring (bicyclic) bond motifs is 1. The summed E-state index contributed by atoms with van der Waals surface area (Å²) in [5.41, 5.74) is 2.90. The van der Waals surface area contributed by atoms with Crippen molar-refractivity contribution < 1.29 is 19.1 Å². The summed E-state index contributed by atoms with van der Waals surface area (Å²) in [6.45, 7) is 10.2. The van der Waals surface area contributed by atoms with E-state index in [1.807, 2.05) is 82.0 Å².